The Bertz CT molecular complexity index is 282. The molecule has 3 nitrogen and oxygen atoms in total. The van der Waals surface area contributed by atoms with Crippen LogP contribution in [0.4, 0.5) is 0 Å². The quantitative estimate of drug-likeness (QED) is 0.805. The Kier molecular flexibility index (Phi) is 4.56. The van der Waals surface area contributed by atoms with Crippen molar-refractivity contribution in [1.29, 1.82) is 0 Å². The average molecular weight is 208 g/mol. The molecule has 1 rings (SSSR count). The summed E-state index contributed by atoms with van der Waals surface area (Å²) in [5.41, 5.74) is 7.19. The van der Waals surface area contributed by atoms with E-state index in [2.05, 4.69) is 18.8 Å². The number of methoxy groups -OCH3 is 1. The Hall–Kier alpha value is -1.09. The molecule has 3 heteroatoms. The van der Waals surface area contributed by atoms with Crippen molar-refractivity contribution in [3.63, 3.8) is 0 Å². The topological polar surface area (TPSA) is 48.1 Å². The highest BCUT2D eigenvalue weighted by Gasteiger charge is 2.06. The van der Waals surface area contributed by atoms with Gasteiger partial charge < -0.3 is 10.5 Å². The number of rotatable bonds is 5. The lowest BCUT2D eigenvalue weighted by Gasteiger charge is -2.13. The summed E-state index contributed by atoms with van der Waals surface area (Å²) in [7, 11) is 1.62. The van der Waals surface area contributed by atoms with E-state index >= 15 is 0 Å². The van der Waals surface area contributed by atoms with Crippen LogP contribution in [0.5, 0.6) is 5.88 Å². The largest absolute Gasteiger partial charge is 0.481 e. The normalized spacial score (nSPS) is 12.9. The van der Waals surface area contributed by atoms with Gasteiger partial charge in [0.1, 0.15) is 0 Å². The molecule has 0 aliphatic rings. The molecule has 0 amide bonds. The summed E-state index contributed by atoms with van der Waals surface area (Å²) in [4.78, 5) is 4.15. The zero-order chi connectivity index (χ0) is 11.3. The second kappa shape index (κ2) is 5.71. The SMILES string of the molecule is COc1ccc(CC(N)CC(C)C)cn1. The van der Waals surface area contributed by atoms with Crippen LogP contribution in [0.25, 0.3) is 0 Å². The van der Waals surface area contributed by atoms with Gasteiger partial charge in [0.05, 0.1) is 7.11 Å². The molecular weight excluding hydrogens is 188 g/mol. The molecule has 0 bridgehead atoms. The Morgan fingerprint density at radius 1 is 1.40 bits per heavy atom. The first kappa shape index (κ1) is 12.0. The van der Waals surface area contributed by atoms with E-state index in [9.17, 15) is 0 Å². The summed E-state index contributed by atoms with van der Waals surface area (Å²) >= 11 is 0. The fourth-order valence-electron chi connectivity index (χ4n) is 1.64. The van der Waals surface area contributed by atoms with Crippen molar-refractivity contribution in [3.05, 3.63) is 23.9 Å². The summed E-state index contributed by atoms with van der Waals surface area (Å²) < 4.78 is 5.00. The molecule has 0 aromatic carbocycles. The maximum absolute atomic E-state index is 6.02. The van der Waals surface area contributed by atoms with Crippen molar-refractivity contribution in [1.82, 2.24) is 4.98 Å². The Morgan fingerprint density at radius 3 is 2.60 bits per heavy atom. The van der Waals surface area contributed by atoms with Gasteiger partial charge in [-0.1, -0.05) is 19.9 Å². The van der Waals surface area contributed by atoms with Crippen molar-refractivity contribution in [2.24, 2.45) is 11.7 Å². The predicted octanol–water partition coefficient (Wildman–Crippen LogP) is 2.01. The van der Waals surface area contributed by atoms with Crippen molar-refractivity contribution in [2.75, 3.05) is 7.11 Å². The van der Waals surface area contributed by atoms with Gasteiger partial charge in [-0.3, -0.25) is 0 Å². The summed E-state index contributed by atoms with van der Waals surface area (Å²) in [6.07, 6.45) is 3.76. The van der Waals surface area contributed by atoms with Crippen molar-refractivity contribution in [2.45, 2.75) is 32.7 Å². The maximum atomic E-state index is 6.02. The second-order valence-electron chi connectivity index (χ2n) is 4.30. The van der Waals surface area contributed by atoms with Crippen LogP contribution in [0.1, 0.15) is 25.8 Å². The molecule has 0 saturated carbocycles. The summed E-state index contributed by atoms with van der Waals surface area (Å²) in [5.74, 6) is 1.29. The number of ether oxygens (including phenoxy) is 1. The van der Waals surface area contributed by atoms with E-state index in [1.165, 1.54) is 5.56 Å². The van der Waals surface area contributed by atoms with Crippen molar-refractivity contribution in [3.8, 4) is 5.88 Å². The predicted molar refractivity (Wildman–Crippen MR) is 61.9 cm³/mol. The number of nitrogens with two attached hydrogens (primary N) is 1. The first-order chi connectivity index (χ1) is 7.11. The van der Waals surface area contributed by atoms with E-state index in [1.54, 1.807) is 7.11 Å². The van der Waals surface area contributed by atoms with E-state index in [0.717, 1.165) is 12.8 Å². The smallest absolute Gasteiger partial charge is 0.212 e. The van der Waals surface area contributed by atoms with Crippen LogP contribution in [0.2, 0.25) is 0 Å². The van der Waals surface area contributed by atoms with Crippen LogP contribution in [-0.2, 0) is 6.42 Å². The molecule has 0 saturated heterocycles. The fourth-order valence-corrected chi connectivity index (χ4v) is 1.64. The Balaban J connectivity index is 2.49. The van der Waals surface area contributed by atoms with Gasteiger partial charge in [-0.05, 0) is 24.3 Å². The van der Waals surface area contributed by atoms with Gasteiger partial charge in [0.15, 0.2) is 0 Å². The zero-order valence-corrected chi connectivity index (χ0v) is 9.73. The van der Waals surface area contributed by atoms with Gasteiger partial charge in [0, 0.05) is 18.3 Å². The molecule has 1 heterocycles. The van der Waals surface area contributed by atoms with Crippen molar-refractivity contribution >= 4 is 0 Å². The van der Waals surface area contributed by atoms with Crippen LogP contribution in [-0.4, -0.2) is 18.1 Å². The monoisotopic (exact) mass is 208 g/mol. The Labute approximate surface area is 91.7 Å². The minimum absolute atomic E-state index is 0.222. The van der Waals surface area contributed by atoms with Crippen LogP contribution < -0.4 is 10.5 Å². The third-order valence-electron chi connectivity index (χ3n) is 2.28. The highest BCUT2D eigenvalue weighted by Crippen LogP contribution is 2.11. The van der Waals surface area contributed by atoms with E-state index in [4.69, 9.17) is 10.5 Å². The fraction of sp³-hybridized carbons (Fsp3) is 0.583. The van der Waals surface area contributed by atoms with Crippen LogP contribution >= 0.6 is 0 Å². The minimum atomic E-state index is 0.222. The van der Waals surface area contributed by atoms with Gasteiger partial charge in [0.25, 0.3) is 0 Å². The average Bonchev–Trinajstić information content (AvgIpc) is 2.17. The second-order valence-corrected chi connectivity index (χ2v) is 4.30. The van der Waals surface area contributed by atoms with Crippen molar-refractivity contribution < 1.29 is 4.74 Å². The maximum Gasteiger partial charge on any atom is 0.212 e. The third-order valence-corrected chi connectivity index (χ3v) is 2.28. The van der Waals surface area contributed by atoms with E-state index in [1.807, 2.05) is 18.3 Å². The highest BCUT2D eigenvalue weighted by molar-refractivity contribution is 5.18. The molecule has 0 aliphatic heterocycles. The van der Waals surface area contributed by atoms with Gasteiger partial charge >= 0.3 is 0 Å². The lowest BCUT2D eigenvalue weighted by Crippen LogP contribution is -2.24. The molecule has 2 N–H and O–H groups in total. The lowest BCUT2D eigenvalue weighted by atomic mass is 9.99. The Morgan fingerprint density at radius 2 is 2.13 bits per heavy atom. The molecule has 0 spiro atoms. The van der Waals surface area contributed by atoms with Gasteiger partial charge in [-0.2, -0.15) is 0 Å². The molecule has 0 fully saturated rings. The number of aromatic nitrogens is 1. The van der Waals surface area contributed by atoms with E-state index in [-0.39, 0.29) is 6.04 Å². The summed E-state index contributed by atoms with van der Waals surface area (Å²) in [6, 6.07) is 4.11. The molecule has 0 radical (unpaired) electrons. The molecule has 1 aromatic rings. The molecule has 1 aromatic heterocycles. The zero-order valence-electron chi connectivity index (χ0n) is 9.73. The van der Waals surface area contributed by atoms with Crippen LogP contribution in [0.3, 0.4) is 0 Å². The molecule has 1 unspecified atom stereocenters. The standard InChI is InChI=1S/C12H20N2O/c1-9(2)6-11(13)7-10-4-5-12(15-3)14-8-10/h4-5,8-9,11H,6-7,13H2,1-3H3. The summed E-state index contributed by atoms with van der Waals surface area (Å²) in [5, 5.41) is 0. The highest BCUT2D eigenvalue weighted by atomic mass is 16.5. The molecule has 0 aliphatic carbocycles. The van der Waals surface area contributed by atoms with E-state index in [0.29, 0.717) is 11.8 Å². The number of pyridine rings is 1. The molecule has 1 atom stereocenters. The van der Waals surface area contributed by atoms with Gasteiger partial charge in [-0.25, -0.2) is 4.98 Å². The lowest BCUT2D eigenvalue weighted by molar-refractivity contribution is 0.397. The molecular formula is C12H20N2O. The molecule has 15 heavy (non-hydrogen) atoms. The number of hydrogen-bond donors (Lipinski definition) is 1. The molecule has 84 valence electrons. The number of nitrogens with zero attached hydrogens (tertiary/aromatic N) is 1. The third kappa shape index (κ3) is 4.30. The first-order valence-corrected chi connectivity index (χ1v) is 5.36. The van der Waals surface area contributed by atoms with Gasteiger partial charge in [0.2, 0.25) is 5.88 Å². The minimum Gasteiger partial charge on any atom is -0.481 e. The number of hydrogen-bond acceptors (Lipinski definition) is 3. The van der Waals surface area contributed by atoms with Gasteiger partial charge in [-0.15, -0.1) is 0 Å². The van der Waals surface area contributed by atoms with Crippen LogP contribution in [0, 0.1) is 5.92 Å². The van der Waals surface area contributed by atoms with E-state index < -0.39 is 0 Å². The van der Waals surface area contributed by atoms with Crippen LogP contribution in [0.15, 0.2) is 18.3 Å². The summed E-state index contributed by atoms with van der Waals surface area (Å²) in [6.45, 7) is 4.37. The first-order valence-electron chi connectivity index (χ1n) is 5.36.